The summed E-state index contributed by atoms with van der Waals surface area (Å²) in [6.45, 7) is 3.93. The molecule has 3 nitrogen and oxygen atoms in total. The first-order chi connectivity index (χ1) is 8.49. The van der Waals surface area contributed by atoms with Crippen LogP contribution >= 0.6 is 15.9 Å². The molecule has 100 valence electrons. The summed E-state index contributed by atoms with van der Waals surface area (Å²) in [4.78, 5) is 11.7. The highest BCUT2D eigenvalue weighted by molar-refractivity contribution is 9.10. The normalized spacial score (nSPS) is 14.1. The summed E-state index contributed by atoms with van der Waals surface area (Å²) in [5, 5.41) is 3.06. The van der Waals surface area contributed by atoms with E-state index in [2.05, 4.69) is 21.2 Å². The standard InChI is InChI=1S/C13H17BrFNO2/c1-4-8(2)16-12(13(17)18-3)10-6-5-9(14)7-11(10)15/h5-8,12,16H,4H2,1-3H3. The molecular formula is C13H17BrFNO2. The highest BCUT2D eigenvalue weighted by Crippen LogP contribution is 2.22. The molecule has 1 aromatic rings. The van der Waals surface area contributed by atoms with Crippen molar-refractivity contribution in [1.82, 2.24) is 5.32 Å². The molecule has 1 aromatic carbocycles. The van der Waals surface area contributed by atoms with Gasteiger partial charge in [0.2, 0.25) is 0 Å². The van der Waals surface area contributed by atoms with E-state index >= 15 is 0 Å². The molecule has 0 saturated carbocycles. The number of ether oxygens (including phenoxy) is 1. The molecule has 0 radical (unpaired) electrons. The van der Waals surface area contributed by atoms with Gasteiger partial charge < -0.3 is 4.74 Å². The number of rotatable bonds is 5. The molecule has 2 unspecified atom stereocenters. The molecule has 0 bridgehead atoms. The number of carbonyl (C=O) groups excluding carboxylic acids is 1. The molecule has 2 atom stereocenters. The van der Waals surface area contributed by atoms with Crippen LogP contribution in [0.2, 0.25) is 0 Å². The van der Waals surface area contributed by atoms with Crippen molar-refractivity contribution < 1.29 is 13.9 Å². The van der Waals surface area contributed by atoms with Gasteiger partial charge in [-0.15, -0.1) is 0 Å². The smallest absolute Gasteiger partial charge is 0.327 e. The maximum atomic E-state index is 13.9. The van der Waals surface area contributed by atoms with Crippen LogP contribution in [0.15, 0.2) is 22.7 Å². The molecule has 0 aliphatic rings. The van der Waals surface area contributed by atoms with Crippen LogP contribution in [0.5, 0.6) is 0 Å². The molecule has 0 aliphatic heterocycles. The van der Waals surface area contributed by atoms with E-state index in [0.717, 1.165) is 6.42 Å². The third-order valence-electron chi connectivity index (χ3n) is 2.77. The Labute approximate surface area is 115 Å². The molecular weight excluding hydrogens is 301 g/mol. The van der Waals surface area contributed by atoms with Crippen molar-refractivity contribution in [2.45, 2.75) is 32.4 Å². The fourth-order valence-electron chi connectivity index (χ4n) is 1.54. The van der Waals surface area contributed by atoms with Gasteiger partial charge in [-0.05, 0) is 25.5 Å². The van der Waals surface area contributed by atoms with Crippen molar-refractivity contribution in [1.29, 1.82) is 0 Å². The van der Waals surface area contributed by atoms with Crippen LogP contribution in [0.1, 0.15) is 31.9 Å². The summed E-state index contributed by atoms with van der Waals surface area (Å²) in [5.74, 6) is -0.924. The predicted molar refractivity (Wildman–Crippen MR) is 71.7 cm³/mol. The predicted octanol–water partition coefficient (Wildman–Crippen LogP) is 3.19. The largest absolute Gasteiger partial charge is 0.468 e. The monoisotopic (exact) mass is 317 g/mol. The highest BCUT2D eigenvalue weighted by atomic mass is 79.9. The van der Waals surface area contributed by atoms with Gasteiger partial charge in [0.25, 0.3) is 0 Å². The van der Waals surface area contributed by atoms with Gasteiger partial charge in [0.15, 0.2) is 0 Å². The second-order valence-corrected chi connectivity index (χ2v) is 5.01. The van der Waals surface area contributed by atoms with Crippen LogP contribution in [0.25, 0.3) is 0 Å². The van der Waals surface area contributed by atoms with Crippen molar-refractivity contribution in [2.24, 2.45) is 0 Å². The zero-order chi connectivity index (χ0) is 13.7. The van der Waals surface area contributed by atoms with E-state index in [1.54, 1.807) is 12.1 Å². The fourth-order valence-corrected chi connectivity index (χ4v) is 1.87. The Hall–Kier alpha value is -0.940. The van der Waals surface area contributed by atoms with Gasteiger partial charge in [-0.25, -0.2) is 9.18 Å². The Balaban J connectivity index is 3.05. The summed E-state index contributed by atoms with van der Waals surface area (Å²) >= 11 is 3.19. The molecule has 0 amide bonds. The molecule has 0 fully saturated rings. The number of hydrogen-bond donors (Lipinski definition) is 1. The summed E-state index contributed by atoms with van der Waals surface area (Å²) < 4.78 is 19.2. The van der Waals surface area contributed by atoms with E-state index in [1.807, 2.05) is 13.8 Å². The van der Waals surface area contributed by atoms with E-state index in [0.29, 0.717) is 10.0 Å². The second kappa shape index (κ2) is 6.85. The van der Waals surface area contributed by atoms with Crippen LogP contribution in [-0.4, -0.2) is 19.1 Å². The third kappa shape index (κ3) is 3.78. The average molecular weight is 318 g/mol. The lowest BCUT2D eigenvalue weighted by molar-refractivity contribution is -0.143. The van der Waals surface area contributed by atoms with Crippen LogP contribution in [-0.2, 0) is 9.53 Å². The van der Waals surface area contributed by atoms with Crippen molar-refractivity contribution >= 4 is 21.9 Å². The summed E-state index contributed by atoms with van der Waals surface area (Å²) in [6, 6.07) is 3.93. The Morgan fingerprint density at radius 1 is 1.56 bits per heavy atom. The van der Waals surface area contributed by atoms with Gasteiger partial charge in [-0.2, -0.15) is 0 Å². The number of hydrogen-bond acceptors (Lipinski definition) is 3. The van der Waals surface area contributed by atoms with Gasteiger partial charge in [-0.3, -0.25) is 5.32 Å². The van der Waals surface area contributed by atoms with Crippen LogP contribution in [0.3, 0.4) is 0 Å². The Bertz CT molecular complexity index is 425. The molecule has 0 heterocycles. The summed E-state index contributed by atoms with van der Waals surface area (Å²) in [6.07, 6.45) is 0.839. The van der Waals surface area contributed by atoms with Gasteiger partial charge in [-0.1, -0.05) is 28.9 Å². The number of benzene rings is 1. The topological polar surface area (TPSA) is 38.3 Å². The van der Waals surface area contributed by atoms with Gasteiger partial charge in [0.1, 0.15) is 11.9 Å². The lowest BCUT2D eigenvalue weighted by Crippen LogP contribution is -2.36. The van der Waals surface area contributed by atoms with Crippen LogP contribution in [0.4, 0.5) is 4.39 Å². The van der Waals surface area contributed by atoms with E-state index in [1.165, 1.54) is 13.2 Å². The Morgan fingerprint density at radius 2 is 2.22 bits per heavy atom. The van der Waals surface area contributed by atoms with Crippen molar-refractivity contribution in [3.05, 3.63) is 34.1 Å². The van der Waals surface area contributed by atoms with Crippen molar-refractivity contribution in [3.8, 4) is 0 Å². The lowest BCUT2D eigenvalue weighted by atomic mass is 10.0. The number of nitrogens with one attached hydrogen (secondary N) is 1. The number of methoxy groups -OCH3 is 1. The molecule has 18 heavy (non-hydrogen) atoms. The minimum absolute atomic E-state index is 0.0946. The molecule has 1 N–H and O–H groups in total. The third-order valence-corrected chi connectivity index (χ3v) is 3.27. The maximum Gasteiger partial charge on any atom is 0.327 e. The van der Waals surface area contributed by atoms with Gasteiger partial charge in [0, 0.05) is 16.1 Å². The minimum Gasteiger partial charge on any atom is -0.468 e. The minimum atomic E-state index is -0.780. The molecule has 1 rings (SSSR count). The summed E-state index contributed by atoms with van der Waals surface area (Å²) in [7, 11) is 1.30. The number of esters is 1. The second-order valence-electron chi connectivity index (χ2n) is 4.10. The number of halogens is 2. The zero-order valence-corrected chi connectivity index (χ0v) is 12.3. The van der Waals surface area contributed by atoms with Crippen molar-refractivity contribution in [3.63, 3.8) is 0 Å². The lowest BCUT2D eigenvalue weighted by Gasteiger charge is -2.21. The van der Waals surface area contributed by atoms with Gasteiger partial charge in [0.05, 0.1) is 7.11 Å². The first-order valence-corrected chi connectivity index (χ1v) is 6.57. The van der Waals surface area contributed by atoms with E-state index < -0.39 is 17.8 Å². The first-order valence-electron chi connectivity index (χ1n) is 5.78. The first kappa shape index (κ1) is 15.1. The average Bonchev–Trinajstić information content (AvgIpc) is 2.35. The maximum absolute atomic E-state index is 13.9. The molecule has 0 spiro atoms. The van der Waals surface area contributed by atoms with Crippen molar-refractivity contribution in [2.75, 3.05) is 7.11 Å². The van der Waals surface area contributed by atoms with Gasteiger partial charge >= 0.3 is 5.97 Å². The molecule has 0 aromatic heterocycles. The molecule has 0 saturated heterocycles. The Kier molecular flexibility index (Phi) is 5.75. The van der Waals surface area contributed by atoms with Crippen LogP contribution in [0, 0.1) is 5.82 Å². The van der Waals surface area contributed by atoms with E-state index in [4.69, 9.17) is 4.74 Å². The fraction of sp³-hybridized carbons (Fsp3) is 0.462. The Morgan fingerprint density at radius 3 is 2.72 bits per heavy atom. The van der Waals surface area contributed by atoms with E-state index in [-0.39, 0.29) is 6.04 Å². The summed E-state index contributed by atoms with van der Waals surface area (Å²) in [5.41, 5.74) is 0.297. The SMILES string of the molecule is CCC(C)NC(C(=O)OC)c1ccc(Br)cc1F. The molecule has 0 aliphatic carbocycles. The highest BCUT2D eigenvalue weighted by Gasteiger charge is 2.25. The van der Waals surface area contributed by atoms with E-state index in [9.17, 15) is 9.18 Å². The molecule has 5 heteroatoms. The zero-order valence-electron chi connectivity index (χ0n) is 10.7. The van der Waals surface area contributed by atoms with Crippen LogP contribution < -0.4 is 5.32 Å². The quantitative estimate of drug-likeness (QED) is 0.848. The number of carbonyl (C=O) groups is 1.